The molecule has 6 N–H and O–H groups in total. The van der Waals surface area contributed by atoms with Crippen molar-refractivity contribution in [3.8, 4) is 0 Å². The van der Waals surface area contributed by atoms with Crippen molar-refractivity contribution in [1.29, 1.82) is 0 Å². The summed E-state index contributed by atoms with van der Waals surface area (Å²) in [5.74, 6) is -0.517. The van der Waals surface area contributed by atoms with E-state index in [1.165, 1.54) is 6.07 Å². The number of nitrogen functional groups attached to an aromatic ring is 1. The number of benzene rings is 2. The van der Waals surface area contributed by atoms with Crippen molar-refractivity contribution >= 4 is 33.1 Å². The molecule has 0 saturated heterocycles. The summed E-state index contributed by atoms with van der Waals surface area (Å²) in [6.07, 6.45) is 3.40. The molecule has 2 aliphatic carbocycles. The van der Waals surface area contributed by atoms with E-state index in [9.17, 15) is 22.6 Å². The van der Waals surface area contributed by atoms with E-state index in [2.05, 4.69) is 5.32 Å². The van der Waals surface area contributed by atoms with Gasteiger partial charge in [-0.15, -0.1) is 0 Å². The Kier molecular flexibility index (Phi) is 5.13. The quantitative estimate of drug-likeness (QED) is 0.364. The number of anilines is 2. The van der Waals surface area contributed by atoms with E-state index >= 15 is 0 Å². The van der Waals surface area contributed by atoms with Gasteiger partial charge >= 0.3 is 0 Å². The van der Waals surface area contributed by atoms with Crippen LogP contribution in [0.5, 0.6) is 0 Å². The van der Waals surface area contributed by atoms with Gasteiger partial charge < -0.3 is 16.8 Å². The molecule has 1 saturated carbocycles. The molecule has 2 aromatic rings. The van der Waals surface area contributed by atoms with Crippen LogP contribution in [0, 0.1) is 5.92 Å². The Morgan fingerprint density at radius 1 is 1.00 bits per heavy atom. The number of ketones is 2. The van der Waals surface area contributed by atoms with Gasteiger partial charge in [-0.25, -0.2) is 0 Å². The fraction of sp³-hybridized carbons (Fsp3) is 0.333. The summed E-state index contributed by atoms with van der Waals surface area (Å²) in [7, 11) is -4.71. The lowest BCUT2D eigenvalue weighted by Crippen LogP contribution is -2.31. The zero-order valence-electron chi connectivity index (χ0n) is 16.2. The summed E-state index contributed by atoms with van der Waals surface area (Å²) in [6.45, 7) is 0.612. The van der Waals surface area contributed by atoms with E-state index < -0.39 is 32.3 Å². The molecule has 30 heavy (non-hydrogen) atoms. The van der Waals surface area contributed by atoms with Gasteiger partial charge in [0.05, 0.1) is 16.8 Å². The first kappa shape index (κ1) is 20.5. The molecule has 0 radical (unpaired) electrons. The highest BCUT2D eigenvalue weighted by molar-refractivity contribution is 7.86. The molecular formula is C21H23N3O5S. The molecule has 0 amide bonds. The number of hydrogen-bond acceptors (Lipinski definition) is 7. The Labute approximate surface area is 174 Å². The van der Waals surface area contributed by atoms with Crippen LogP contribution in [0.3, 0.4) is 0 Å². The third-order valence-corrected chi connectivity index (χ3v) is 6.91. The van der Waals surface area contributed by atoms with Crippen LogP contribution in [0.4, 0.5) is 11.4 Å². The predicted molar refractivity (Wildman–Crippen MR) is 112 cm³/mol. The number of carbonyl (C=O) groups excluding carboxylic acids is 2. The summed E-state index contributed by atoms with van der Waals surface area (Å²) in [5, 5.41) is 3.23. The molecule has 1 fully saturated rings. The second kappa shape index (κ2) is 7.50. The Morgan fingerprint density at radius 2 is 1.57 bits per heavy atom. The minimum atomic E-state index is -4.71. The first-order valence-corrected chi connectivity index (χ1v) is 11.2. The first-order valence-electron chi connectivity index (χ1n) is 9.81. The zero-order chi connectivity index (χ0) is 21.6. The van der Waals surface area contributed by atoms with Gasteiger partial charge in [-0.05, 0) is 44.2 Å². The minimum Gasteiger partial charge on any atom is -0.397 e. The van der Waals surface area contributed by atoms with Crippen LogP contribution >= 0.6 is 0 Å². The average Bonchev–Trinajstić information content (AvgIpc) is 2.72. The Hall–Kier alpha value is -2.75. The fourth-order valence-electron chi connectivity index (χ4n) is 4.38. The molecule has 0 unspecified atom stereocenters. The van der Waals surface area contributed by atoms with Gasteiger partial charge in [0, 0.05) is 22.9 Å². The highest BCUT2D eigenvalue weighted by Gasteiger charge is 2.37. The molecule has 2 aromatic carbocycles. The normalized spacial score (nSPS) is 21.1. The standard InChI is InChI=1S/C21H23N3O5S/c22-10-11-5-7-12(8-6-11)24-15-9-16(30(27,28)29)19(23)18-17(15)20(25)13-3-1-2-4-14(13)21(18)26/h1-4,9,11-12,24H,5-8,10,22-23H2,(H,27,28,29). The average molecular weight is 429 g/mol. The zero-order valence-corrected chi connectivity index (χ0v) is 17.0. The Balaban J connectivity index is 1.86. The number of fused-ring (bicyclic) bond motifs is 2. The summed E-state index contributed by atoms with van der Waals surface area (Å²) in [5.41, 5.74) is 11.8. The van der Waals surface area contributed by atoms with Crippen molar-refractivity contribution in [3.63, 3.8) is 0 Å². The molecule has 0 atom stereocenters. The monoisotopic (exact) mass is 429 g/mol. The van der Waals surface area contributed by atoms with E-state index in [0.29, 0.717) is 12.5 Å². The summed E-state index contributed by atoms with van der Waals surface area (Å²) >= 11 is 0. The largest absolute Gasteiger partial charge is 0.397 e. The van der Waals surface area contributed by atoms with E-state index in [1.807, 2.05) is 0 Å². The molecule has 4 rings (SSSR count). The highest BCUT2D eigenvalue weighted by atomic mass is 32.2. The Morgan fingerprint density at radius 3 is 2.10 bits per heavy atom. The Bertz CT molecular complexity index is 1150. The molecular weight excluding hydrogens is 406 g/mol. The van der Waals surface area contributed by atoms with Crippen LogP contribution < -0.4 is 16.8 Å². The van der Waals surface area contributed by atoms with Crippen LogP contribution in [-0.2, 0) is 10.1 Å². The van der Waals surface area contributed by atoms with Crippen LogP contribution in [-0.4, -0.2) is 37.1 Å². The maximum absolute atomic E-state index is 13.3. The SMILES string of the molecule is NCC1CCC(Nc2cc(S(=O)(=O)O)c(N)c3c2C(=O)c2ccccc2C3=O)CC1. The minimum absolute atomic E-state index is 0.0187. The number of rotatable bonds is 4. The lowest BCUT2D eigenvalue weighted by atomic mass is 9.81. The van der Waals surface area contributed by atoms with Crippen LogP contribution in [0.2, 0.25) is 0 Å². The number of hydrogen-bond donors (Lipinski definition) is 4. The van der Waals surface area contributed by atoms with Crippen LogP contribution in [0.1, 0.15) is 57.5 Å². The van der Waals surface area contributed by atoms with Gasteiger partial charge in [0.15, 0.2) is 11.6 Å². The molecule has 9 heteroatoms. The van der Waals surface area contributed by atoms with Crippen molar-refractivity contribution in [2.24, 2.45) is 11.7 Å². The van der Waals surface area contributed by atoms with Crippen molar-refractivity contribution in [3.05, 3.63) is 52.6 Å². The number of carbonyl (C=O) groups is 2. The second-order valence-electron chi connectivity index (χ2n) is 7.86. The third kappa shape index (κ3) is 3.38. The lowest BCUT2D eigenvalue weighted by Gasteiger charge is -2.31. The van der Waals surface area contributed by atoms with E-state index in [1.54, 1.807) is 18.2 Å². The van der Waals surface area contributed by atoms with Crippen LogP contribution in [0.25, 0.3) is 0 Å². The van der Waals surface area contributed by atoms with Gasteiger partial charge in [-0.3, -0.25) is 14.1 Å². The van der Waals surface area contributed by atoms with Crippen molar-refractivity contribution < 1.29 is 22.6 Å². The molecule has 0 bridgehead atoms. The molecule has 2 aliphatic rings. The first-order chi connectivity index (χ1) is 14.2. The summed E-state index contributed by atoms with van der Waals surface area (Å²) in [6, 6.07) is 7.46. The van der Waals surface area contributed by atoms with Crippen molar-refractivity contribution in [1.82, 2.24) is 0 Å². The molecule has 158 valence electrons. The van der Waals surface area contributed by atoms with Gasteiger partial charge in [0.2, 0.25) is 0 Å². The van der Waals surface area contributed by atoms with Gasteiger partial charge in [0.25, 0.3) is 10.1 Å². The molecule has 0 heterocycles. The topological polar surface area (TPSA) is 153 Å². The van der Waals surface area contributed by atoms with E-state index in [4.69, 9.17) is 11.5 Å². The molecule has 0 aromatic heterocycles. The number of nitrogens with two attached hydrogens (primary N) is 2. The maximum atomic E-state index is 13.3. The fourth-order valence-corrected chi connectivity index (χ4v) is 5.03. The number of nitrogens with one attached hydrogen (secondary N) is 1. The van der Waals surface area contributed by atoms with Crippen molar-refractivity contribution in [2.75, 3.05) is 17.6 Å². The van der Waals surface area contributed by atoms with Gasteiger partial charge in [-0.2, -0.15) is 8.42 Å². The third-order valence-electron chi connectivity index (χ3n) is 6.02. The van der Waals surface area contributed by atoms with Gasteiger partial charge in [-0.1, -0.05) is 24.3 Å². The smallest absolute Gasteiger partial charge is 0.296 e. The lowest BCUT2D eigenvalue weighted by molar-refractivity contribution is 0.0980. The second-order valence-corrected chi connectivity index (χ2v) is 9.25. The predicted octanol–water partition coefficient (Wildman–Crippen LogP) is 2.22. The highest BCUT2D eigenvalue weighted by Crippen LogP contribution is 2.40. The summed E-state index contributed by atoms with van der Waals surface area (Å²) < 4.78 is 33.5. The van der Waals surface area contributed by atoms with Gasteiger partial charge in [0.1, 0.15) is 4.90 Å². The molecule has 8 nitrogen and oxygen atoms in total. The van der Waals surface area contributed by atoms with E-state index in [-0.39, 0.29) is 34.0 Å². The molecule has 0 spiro atoms. The summed E-state index contributed by atoms with van der Waals surface area (Å²) in [4.78, 5) is 25.8. The van der Waals surface area contributed by atoms with Crippen molar-refractivity contribution in [2.45, 2.75) is 36.6 Å². The maximum Gasteiger partial charge on any atom is 0.296 e. The van der Waals surface area contributed by atoms with Crippen LogP contribution in [0.15, 0.2) is 35.2 Å². The molecule has 0 aliphatic heterocycles. The van der Waals surface area contributed by atoms with E-state index in [0.717, 1.165) is 31.7 Å².